The van der Waals surface area contributed by atoms with Crippen LogP contribution >= 0.6 is 0 Å². The molecule has 43 heavy (non-hydrogen) atoms. The van der Waals surface area contributed by atoms with Gasteiger partial charge in [-0.3, -0.25) is 14.1 Å². The minimum Gasteiger partial charge on any atom is -0.465 e. The van der Waals surface area contributed by atoms with Gasteiger partial charge in [-0.1, -0.05) is 13.0 Å². The lowest BCUT2D eigenvalue weighted by molar-refractivity contribution is -0.129. The largest absolute Gasteiger partial charge is 0.465 e. The summed E-state index contributed by atoms with van der Waals surface area (Å²) >= 11 is 0. The molecule has 234 valence electrons. The first-order valence-corrected chi connectivity index (χ1v) is 15.4. The zero-order valence-electron chi connectivity index (χ0n) is 23.4. The molecule has 1 aliphatic rings. The maximum atomic E-state index is 14.9. The van der Waals surface area contributed by atoms with Gasteiger partial charge < -0.3 is 15.7 Å². The summed E-state index contributed by atoms with van der Waals surface area (Å²) in [6.07, 6.45) is -2.52. The lowest BCUT2D eigenvalue weighted by Crippen LogP contribution is -2.39. The molecule has 0 unspecified atom stereocenters. The second-order valence-corrected chi connectivity index (χ2v) is 12.4. The number of nitrogens with one attached hydrogen (secondary N) is 3. The second kappa shape index (κ2) is 12.7. The molecular formula is C27H32F4N6O5S. The molecule has 1 aromatic carbocycles. The number of benzene rings is 1. The Morgan fingerprint density at radius 3 is 2.44 bits per heavy atom. The van der Waals surface area contributed by atoms with Crippen molar-refractivity contribution in [1.29, 1.82) is 0 Å². The van der Waals surface area contributed by atoms with E-state index >= 15 is 0 Å². The van der Waals surface area contributed by atoms with Crippen LogP contribution in [0.5, 0.6) is 0 Å². The summed E-state index contributed by atoms with van der Waals surface area (Å²) in [7, 11) is -4.47. The number of carboxylic acid groups (broad SMARTS) is 1. The molecule has 16 heteroatoms. The first kappa shape index (κ1) is 32.0. The molecule has 1 saturated carbocycles. The summed E-state index contributed by atoms with van der Waals surface area (Å²) in [6.45, 7) is 3.72. The fraction of sp³-hybridized carbons (Fsp3) is 0.481. The number of anilines is 2. The van der Waals surface area contributed by atoms with Gasteiger partial charge in [-0.2, -0.15) is 18.2 Å². The highest BCUT2D eigenvalue weighted by molar-refractivity contribution is 7.92. The predicted octanol–water partition coefficient (Wildman–Crippen LogP) is 5.25. The van der Waals surface area contributed by atoms with E-state index in [1.165, 1.54) is 22.9 Å². The Balaban J connectivity index is 1.62. The van der Waals surface area contributed by atoms with Crippen LogP contribution in [0, 0.1) is 5.82 Å². The van der Waals surface area contributed by atoms with Crippen molar-refractivity contribution in [2.75, 3.05) is 15.8 Å². The highest BCUT2D eigenvalue weighted by atomic mass is 32.2. The van der Waals surface area contributed by atoms with Crippen molar-refractivity contribution in [3.05, 3.63) is 46.6 Å². The van der Waals surface area contributed by atoms with Crippen molar-refractivity contribution in [3.63, 3.8) is 0 Å². The van der Waals surface area contributed by atoms with Crippen LogP contribution < -0.4 is 20.9 Å². The molecule has 4 N–H and O–H groups in total. The number of fused-ring (bicyclic) bond motifs is 1. The van der Waals surface area contributed by atoms with Gasteiger partial charge in [0.15, 0.2) is 0 Å². The van der Waals surface area contributed by atoms with E-state index in [1.54, 1.807) is 0 Å². The van der Waals surface area contributed by atoms with Crippen LogP contribution in [0.2, 0.25) is 0 Å². The summed E-state index contributed by atoms with van der Waals surface area (Å²) in [5.41, 5.74) is -0.415. The Bertz CT molecular complexity index is 1660. The first-order chi connectivity index (χ1) is 20.2. The first-order valence-electron chi connectivity index (χ1n) is 13.7. The summed E-state index contributed by atoms with van der Waals surface area (Å²) in [6, 6.07) is 4.40. The number of sulfonamides is 1. The smallest absolute Gasteiger partial charge is 0.404 e. The Hall–Kier alpha value is -3.95. The van der Waals surface area contributed by atoms with E-state index in [4.69, 9.17) is 5.11 Å². The third-order valence-electron chi connectivity index (χ3n) is 7.39. The van der Waals surface area contributed by atoms with Gasteiger partial charge in [0.2, 0.25) is 16.0 Å². The van der Waals surface area contributed by atoms with E-state index < -0.39 is 51.5 Å². The van der Waals surface area contributed by atoms with Gasteiger partial charge in [0.1, 0.15) is 11.5 Å². The van der Waals surface area contributed by atoms with Crippen LogP contribution in [0.25, 0.3) is 22.2 Å². The summed E-state index contributed by atoms with van der Waals surface area (Å²) < 4.78 is 79.7. The van der Waals surface area contributed by atoms with Crippen molar-refractivity contribution in [2.24, 2.45) is 0 Å². The maximum Gasteiger partial charge on any atom is 0.404 e. The number of rotatable bonds is 10. The van der Waals surface area contributed by atoms with Gasteiger partial charge >= 0.3 is 12.3 Å². The van der Waals surface area contributed by atoms with Crippen molar-refractivity contribution in [1.82, 2.24) is 19.9 Å². The van der Waals surface area contributed by atoms with Gasteiger partial charge in [-0.15, -0.1) is 0 Å². The van der Waals surface area contributed by atoms with Crippen molar-refractivity contribution >= 4 is 38.8 Å². The van der Waals surface area contributed by atoms with Crippen LogP contribution in [0.3, 0.4) is 0 Å². The molecule has 0 bridgehead atoms. The standard InChI is InChI=1S/C27H32F4N6O5S/c1-3-15(2)37-23-17(14-32-25(35-23)33-18-5-7-19(8-6-18)34-26(39)40)12-20(24(37)38)16-4-9-22(21(28)13-16)36-43(41,42)11-10-27(29,30)31/h4,9,12-15,18-19,34,36H,3,5-8,10-11H2,1-2H3,(H,39,40)(H,32,33,35)/t15-,18?,19?/m1/s1. The fourth-order valence-corrected chi connectivity index (χ4v) is 6.06. The molecule has 1 fully saturated rings. The molecule has 11 nitrogen and oxygen atoms in total. The molecule has 1 aliphatic carbocycles. The zero-order chi connectivity index (χ0) is 31.5. The molecule has 1 amide bonds. The Kier molecular flexibility index (Phi) is 9.47. The van der Waals surface area contributed by atoms with Gasteiger partial charge in [0, 0.05) is 35.3 Å². The van der Waals surface area contributed by atoms with E-state index in [1.807, 2.05) is 18.6 Å². The number of alkyl halides is 3. The number of nitrogens with zero attached hydrogens (tertiary/aromatic N) is 3. The van der Waals surface area contributed by atoms with E-state index in [9.17, 15) is 35.6 Å². The Morgan fingerprint density at radius 1 is 1.16 bits per heavy atom. The predicted molar refractivity (Wildman–Crippen MR) is 153 cm³/mol. The van der Waals surface area contributed by atoms with Crippen LogP contribution in [0.4, 0.5) is 34.0 Å². The van der Waals surface area contributed by atoms with E-state index in [0.29, 0.717) is 49.1 Å². The molecular weight excluding hydrogens is 596 g/mol. The van der Waals surface area contributed by atoms with Crippen LogP contribution in [0.1, 0.15) is 58.4 Å². The molecule has 3 aromatic rings. The van der Waals surface area contributed by atoms with Crippen molar-refractivity contribution in [3.8, 4) is 11.1 Å². The van der Waals surface area contributed by atoms with E-state index in [0.717, 1.165) is 12.1 Å². The quantitative estimate of drug-likeness (QED) is 0.222. The molecule has 4 rings (SSSR count). The Labute approximate surface area is 244 Å². The average molecular weight is 629 g/mol. The summed E-state index contributed by atoms with van der Waals surface area (Å²) in [5, 5.41) is 15.2. The summed E-state index contributed by atoms with van der Waals surface area (Å²) in [4.78, 5) is 33.6. The van der Waals surface area contributed by atoms with Crippen molar-refractivity contribution < 1.29 is 35.9 Å². The van der Waals surface area contributed by atoms with Crippen LogP contribution in [-0.4, -0.2) is 58.2 Å². The zero-order valence-corrected chi connectivity index (χ0v) is 24.2. The number of aromatic nitrogens is 3. The number of carbonyl (C=O) groups is 1. The topological polar surface area (TPSA) is 155 Å². The molecule has 1 atom stereocenters. The van der Waals surface area contributed by atoms with Gasteiger partial charge in [-0.25, -0.2) is 22.6 Å². The summed E-state index contributed by atoms with van der Waals surface area (Å²) in [5.74, 6) is -2.02. The van der Waals surface area contributed by atoms with E-state index in [2.05, 4.69) is 20.6 Å². The van der Waals surface area contributed by atoms with E-state index in [-0.39, 0.29) is 29.3 Å². The number of halogens is 4. The normalized spacial score (nSPS) is 18.3. The average Bonchev–Trinajstić information content (AvgIpc) is 2.93. The Morgan fingerprint density at radius 2 is 1.84 bits per heavy atom. The SMILES string of the molecule is CC[C@@H](C)n1c(=O)c(-c2ccc(NS(=O)(=O)CCC(F)(F)F)c(F)c2)cc2cnc(NC3CCC(NC(=O)O)CC3)nc21. The van der Waals surface area contributed by atoms with Gasteiger partial charge in [0.05, 0.1) is 17.9 Å². The maximum absolute atomic E-state index is 14.9. The molecule has 2 aromatic heterocycles. The van der Waals surface area contributed by atoms with Crippen LogP contribution in [-0.2, 0) is 10.0 Å². The second-order valence-electron chi connectivity index (χ2n) is 10.6. The third-order valence-corrected chi connectivity index (χ3v) is 8.67. The highest BCUT2D eigenvalue weighted by Gasteiger charge is 2.30. The molecule has 0 saturated heterocycles. The number of pyridine rings is 1. The molecule has 0 radical (unpaired) electrons. The number of hydrogen-bond acceptors (Lipinski definition) is 7. The highest BCUT2D eigenvalue weighted by Crippen LogP contribution is 2.28. The van der Waals surface area contributed by atoms with Gasteiger partial charge in [-0.05, 0) is 62.8 Å². The third kappa shape index (κ3) is 8.12. The van der Waals surface area contributed by atoms with Crippen molar-refractivity contribution in [2.45, 2.75) is 76.7 Å². The fourth-order valence-electron chi connectivity index (χ4n) is 4.96. The number of hydrogen-bond donors (Lipinski definition) is 4. The minimum absolute atomic E-state index is 0.0136. The molecule has 0 aliphatic heterocycles. The minimum atomic E-state index is -4.69. The van der Waals surface area contributed by atoms with Crippen LogP contribution in [0.15, 0.2) is 35.3 Å². The molecule has 0 spiro atoms. The lowest BCUT2D eigenvalue weighted by atomic mass is 9.91. The number of amides is 1. The monoisotopic (exact) mass is 628 g/mol. The lowest BCUT2D eigenvalue weighted by Gasteiger charge is -2.29. The molecule has 2 heterocycles. The van der Waals surface area contributed by atoms with Gasteiger partial charge in [0.25, 0.3) is 5.56 Å².